The van der Waals surface area contributed by atoms with Crippen molar-refractivity contribution in [2.45, 2.75) is 82.6 Å². The molecule has 0 N–H and O–H groups in total. The van der Waals surface area contributed by atoms with Gasteiger partial charge in [0, 0.05) is 0 Å². The summed E-state index contributed by atoms with van der Waals surface area (Å²) in [6.07, 6.45) is 3.32. The molecule has 104 valence electrons. The van der Waals surface area contributed by atoms with Crippen LogP contribution in [0.25, 0.3) is 0 Å². The average Bonchev–Trinajstić information content (AvgIpc) is 2.00. The third-order valence-electron chi connectivity index (χ3n) is 0.408. The van der Waals surface area contributed by atoms with Gasteiger partial charge in [-0.3, -0.25) is 0 Å². The van der Waals surface area contributed by atoms with E-state index < -0.39 is 0 Å². The summed E-state index contributed by atoms with van der Waals surface area (Å²) in [6.45, 7) is 22.9. The molecule has 2 heteroatoms. The van der Waals surface area contributed by atoms with Gasteiger partial charge in [0.1, 0.15) is 0 Å². The Morgan fingerprint density at radius 1 is 0.667 bits per heavy atom. The smallest absolute Gasteiger partial charge is 0.332 e. The molecule has 0 atom stereocenters. The van der Waals surface area contributed by atoms with Gasteiger partial charge in [0.2, 0.25) is 0 Å². The van der Waals surface area contributed by atoms with Gasteiger partial charge in [0.25, 0.3) is 0 Å². The van der Waals surface area contributed by atoms with Gasteiger partial charge < -0.3 is 24.2 Å². The van der Waals surface area contributed by atoms with E-state index in [1.165, 1.54) is 24.2 Å². The van der Waals surface area contributed by atoms with E-state index in [-0.39, 0.29) is 42.5 Å². The van der Waals surface area contributed by atoms with Crippen molar-refractivity contribution in [3.63, 3.8) is 0 Å². The maximum Gasteiger partial charge on any atom is 2.00 e. The van der Waals surface area contributed by atoms with E-state index in [0.717, 1.165) is 0 Å². The molecular weight excluding hydrogens is 282 g/mol. The van der Waals surface area contributed by atoms with Gasteiger partial charge >= 0.3 is 42.5 Å². The molecular formula is C16H36MgZn. The normalized spacial score (nSPS) is 7.67. The molecule has 0 rings (SSSR count). The first-order valence-corrected chi connectivity index (χ1v) is 6.19. The van der Waals surface area contributed by atoms with Gasteiger partial charge in [-0.1, -0.05) is 6.92 Å². The van der Waals surface area contributed by atoms with Crippen molar-refractivity contribution < 1.29 is 19.5 Å². The van der Waals surface area contributed by atoms with Crippen LogP contribution in [0.5, 0.6) is 0 Å². The summed E-state index contributed by atoms with van der Waals surface area (Å²) in [5.74, 6) is 4.25. The molecule has 0 aliphatic carbocycles. The van der Waals surface area contributed by atoms with Crippen LogP contribution in [0, 0.1) is 24.2 Å². The SMILES string of the molecule is C[C-](C)C.C[C-](C)C.C[C-](C)C.C[CH-]CC.[Mg+2].[Zn+2]. The summed E-state index contributed by atoms with van der Waals surface area (Å²) >= 11 is 0. The predicted octanol–water partition coefficient (Wildman–Crippen LogP) is 6.10. The minimum atomic E-state index is 0. The van der Waals surface area contributed by atoms with Gasteiger partial charge in [-0.05, 0) is 0 Å². The van der Waals surface area contributed by atoms with Crippen LogP contribution in [0.1, 0.15) is 82.6 Å². The van der Waals surface area contributed by atoms with Crippen molar-refractivity contribution in [2.24, 2.45) is 0 Å². The molecule has 18 heavy (non-hydrogen) atoms. The van der Waals surface area contributed by atoms with Crippen molar-refractivity contribution in [1.29, 1.82) is 0 Å². The van der Waals surface area contributed by atoms with E-state index in [0.29, 0.717) is 0 Å². The first-order valence-electron chi connectivity index (χ1n) is 6.19. The van der Waals surface area contributed by atoms with Crippen LogP contribution in [-0.4, -0.2) is 23.1 Å². The van der Waals surface area contributed by atoms with E-state index >= 15 is 0 Å². The predicted molar refractivity (Wildman–Crippen MR) is 86.8 cm³/mol. The summed E-state index contributed by atoms with van der Waals surface area (Å²) in [5.41, 5.74) is 0. The zero-order valence-corrected chi connectivity index (χ0v) is 19.6. The Balaban J connectivity index is -0.0000000257. The molecule has 0 aromatic carbocycles. The van der Waals surface area contributed by atoms with Gasteiger partial charge in [-0.2, -0.15) is 75.7 Å². The van der Waals surface area contributed by atoms with Crippen molar-refractivity contribution in [2.75, 3.05) is 0 Å². The molecule has 0 saturated carbocycles. The zero-order chi connectivity index (χ0) is 14.1. The second kappa shape index (κ2) is 36.2. The number of unbranched alkanes of at least 4 members (excludes halogenated alkanes) is 1. The minimum absolute atomic E-state index is 0. The molecule has 0 saturated heterocycles. The molecule has 0 aromatic heterocycles. The van der Waals surface area contributed by atoms with Crippen LogP contribution in [-0.2, 0) is 19.5 Å². The number of hydrogen-bond acceptors (Lipinski definition) is 0. The van der Waals surface area contributed by atoms with Crippen LogP contribution in [0.3, 0.4) is 0 Å². The van der Waals surface area contributed by atoms with Crippen LogP contribution < -0.4 is 0 Å². The summed E-state index contributed by atoms with van der Waals surface area (Å²) in [7, 11) is 0. The first-order chi connectivity index (χ1) is 7.11. The van der Waals surface area contributed by atoms with Gasteiger partial charge in [-0.15, -0.1) is 0 Å². The summed E-state index contributed by atoms with van der Waals surface area (Å²) in [6, 6.07) is 0. The Bertz CT molecular complexity index is 56.6. The maximum absolute atomic E-state index is 2.12. The molecule has 0 aromatic rings. The van der Waals surface area contributed by atoms with Crippen molar-refractivity contribution in [1.82, 2.24) is 0 Å². The average molecular weight is 318 g/mol. The van der Waals surface area contributed by atoms with E-state index in [4.69, 9.17) is 0 Å². The van der Waals surface area contributed by atoms with E-state index in [2.05, 4.69) is 82.6 Å². The third-order valence-corrected chi connectivity index (χ3v) is 0.408. The zero-order valence-electron chi connectivity index (χ0n) is 15.2. The largest absolute Gasteiger partial charge is 2.00 e. The summed E-state index contributed by atoms with van der Waals surface area (Å²) in [4.78, 5) is 0. The third kappa shape index (κ3) is 818. The second-order valence-corrected chi connectivity index (χ2v) is 5.32. The standard InChI is InChI=1S/4C4H9.Mg.Zn/c3*1-4(2)3;1-3-4-2;;/h3*1-3H3;3H,4H2,1-2H3;;/q4*-1;2*+2. The fourth-order valence-corrected chi connectivity index (χ4v) is 0. The molecule has 0 unspecified atom stereocenters. The summed E-state index contributed by atoms with van der Waals surface area (Å²) < 4.78 is 0. The second-order valence-electron chi connectivity index (χ2n) is 5.32. The van der Waals surface area contributed by atoms with Crippen molar-refractivity contribution in [3.8, 4) is 0 Å². The summed E-state index contributed by atoms with van der Waals surface area (Å²) in [5, 5.41) is 0. The Hall–Kier alpha value is 1.39. The van der Waals surface area contributed by atoms with Crippen LogP contribution >= 0.6 is 0 Å². The van der Waals surface area contributed by atoms with Crippen molar-refractivity contribution in [3.05, 3.63) is 24.2 Å². The topological polar surface area (TPSA) is 0 Å². The van der Waals surface area contributed by atoms with Crippen molar-refractivity contribution >= 4 is 23.1 Å². The maximum atomic E-state index is 2.12. The first kappa shape index (κ1) is 36.6. The van der Waals surface area contributed by atoms with Gasteiger partial charge in [0.05, 0.1) is 0 Å². The van der Waals surface area contributed by atoms with Crippen LogP contribution in [0.4, 0.5) is 0 Å². The molecule has 0 nitrogen and oxygen atoms in total. The van der Waals surface area contributed by atoms with E-state index in [1.807, 2.05) is 0 Å². The van der Waals surface area contributed by atoms with Gasteiger partial charge in [0.15, 0.2) is 0 Å². The van der Waals surface area contributed by atoms with E-state index in [9.17, 15) is 0 Å². The number of hydrogen-bond donors (Lipinski definition) is 0. The molecule has 0 radical (unpaired) electrons. The molecule has 0 fully saturated rings. The molecule has 0 aliphatic heterocycles. The molecule has 0 spiro atoms. The number of rotatable bonds is 1. The van der Waals surface area contributed by atoms with Crippen LogP contribution in [0.2, 0.25) is 0 Å². The molecule has 0 bridgehead atoms. The Morgan fingerprint density at radius 3 is 0.722 bits per heavy atom. The Kier molecular flexibility index (Phi) is 73.6. The van der Waals surface area contributed by atoms with Crippen LogP contribution in [0.15, 0.2) is 0 Å². The quantitative estimate of drug-likeness (QED) is 0.405. The molecule has 0 heterocycles. The monoisotopic (exact) mass is 316 g/mol. The molecule has 0 aliphatic rings. The van der Waals surface area contributed by atoms with Gasteiger partial charge in [-0.25, -0.2) is 0 Å². The fourth-order valence-electron chi connectivity index (χ4n) is 0. The van der Waals surface area contributed by atoms with E-state index in [1.54, 1.807) is 0 Å². The Labute approximate surface area is 148 Å². The molecule has 0 amide bonds. The fraction of sp³-hybridized carbons (Fsp3) is 0.750. The minimum Gasteiger partial charge on any atom is -0.332 e. The Morgan fingerprint density at radius 2 is 0.722 bits per heavy atom.